The Balaban J connectivity index is 1.45. The smallest absolute Gasteiger partial charge is 0.248 e. The number of rotatable bonds is 6. The zero-order chi connectivity index (χ0) is 20.4. The summed E-state index contributed by atoms with van der Waals surface area (Å²) in [6.45, 7) is 2.03. The lowest BCUT2D eigenvalue weighted by Gasteiger charge is -2.03. The zero-order valence-corrected chi connectivity index (χ0v) is 17.2. The van der Waals surface area contributed by atoms with Crippen LogP contribution in [0.5, 0.6) is 0 Å². The van der Waals surface area contributed by atoms with E-state index in [9.17, 15) is 4.79 Å². The normalized spacial score (nSPS) is 10.9. The van der Waals surface area contributed by atoms with Crippen molar-refractivity contribution in [3.05, 3.63) is 70.7 Å². The number of nitrogens with zero attached hydrogens (tertiary/aromatic N) is 4. The van der Waals surface area contributed by atoms with E-state index < -0.39 is 5.91 Å². The number of amides is 1. The molecule has 0 radical (unpaired) electrons. The number of nitrogen functional groups attached to an aromatic ring is 1. The van der Waals surface area contributed by atoms with Gasteiger partial charge in [-0.15, -0.1) is 21.5 Å². The number of aryl methyl sites for hydroxylation is 1. The summed E-state index contributed by atoms with van der Waals surface area (Å²) in [7, 11) is 0. The molecule has 4 N–H and O–H groups in total. The first-order valence-electron chi connectivity index (χ1n) is 8.76. The van der Waals surface area contributed by atoms with Gasteiger partial charge in [0.15, 0.2) is 5.82 Å². The Bertz CT molecular complexity index is 1150. The maximum absolute atomic E-state index is 11.2. The van der Waals surface area contributed by atoms with Gasteiger partial charge in [0.05, 0.1) is 5.69 Å². The molecular formula is C20H18N6OS2. The molecule has 146 valence electrons. The van der Waals surface area contributed by atoms with Crippen molar-refractivity contribution in [3.63, 3.8) is 0 Å². The highest BCUT2D eigenvalue weighted by atomic mass is 32.2. The Morgan fingerprint density at radius 2 is 1.76 bits per heavy atom. The third kappa shape index (κ3) is 4.15. The molecule has 0 saturated carbocycles. The van der Waals surface area contributed by atoms with Gasteiger partial charge in [-0.3, -0.25) is 4.79 Å². The molecule has 0 aliphatic carbocycles. The summed E-state index contributed by atoms with van der Waals surface area (Å²) in [6.07, 6.45) is 0. The Hall–Kier alpha value is -3.17. The standard InChI is InChI=1S/C20H18N6OS2/c1-12-2-4-14(5-3-12)18-24-25-20(26(18)22)29-11-16-10-28-19(23-16)15-8-6-13(7-9-15)17(21)27/h2-10H,11,22H2,1H3,(H2,21,27). The predicted octanol–water partition coefficient (Wildman–Crippen LogP) is 3.48. The van der Waals surface area contributed by atoms with Gasteiger partial charge in [0.2, 0.25) is 11.1 Å². The van der Waals surface area contributed by atoms with E-state index in [2.05, 4.69) is 15.2 Å². The summed E-state index contributed by atoms with van der Waals surface area (Å²) in [5.74, 6) is 7.00. The van der Waals surface area contributed by atoms with Crippen molar-refractivity contribution in [2.45, 2.75) is 17.8 Å². The monoisotopic (exact) mass is 422 g/mol. The number of primary amides is 1. The molecule has 29 heavy (non-hydrogen) atoms. The van der Waals surface area contributed by atoms with Gasteiger partial charge in [-0.25, -0.2) is 9.66 Å². The Kier molecular flexibility index (Phi) is 5.32. The largest absolute Gasteiger partial charge is 0.366 e. The first-order chi connectivity index (χ1) is 14.0. The van der Waals surface area contributed by atoms with Crippen LogP contribution in [0.1, 0.15) is 21.6 Å². The van der Waals surface area contributed by atoms with Crippen molar-refractivity contribution in [3.8, 4) is 22.0 Å². The van der Waals surface area contributed by atoms with Crippen molar-refractivity contribution < 1.29 is 4.79 Å². The van der Waals surface area contributed by atoms with E-state index in [0.29, 0.717) is 22.3 Å². The van der Waals surface area contributed by atoms with Crippen LogP contribution in [0.25, 0.3) is 22.0 Å². The fraction of sp³-hybridized carbons (Fsp3) is 0.100. The fourth-order valence-electron chi connectivity index (χ4n) is 2.70. The number of thioether (sulfide) groups is 1. The van der Waals surface area contributed by atoms with Crippen molar-refractivity contribution in [2.24, 2.45) is 5.73 Å². The highest BCUT2D eigenvalue weighted by Crippen LogP contribution is 2.28. The predicted molar refractivity (Wildman–Crippen MR) is 116 cm³/mol. The van der Waals surface area contributed by atoms with Gasteiger partial charge in [-0.1, -0.05) is 53.7 Å². The van der Waals surface area contributed by atoms with Gasteiger partial charge in [-0.2, -0.15) is 0 Å². The molecule has 1 amide bonds. The lowest BCUT2D eigenvalue weighted by Crippen LogP contribution is -2.11. The summed E-state index contributed by atoms with van der Waals surface area (Å²) in [6, 6.07) is 15.1. The average Bonchev–Trinajstić information content (AvgIpc) is 3.34. The van der Waals surface area contributed by atoms with E-state index in [-0.39, 0.29) is 0 Å². The quantitative estimate of drug-likeness (QED) is 0.363. The van der Waals surface area contributed by atoms with E-state index >= 15 is 0 Å². The van der Waals surface area contributed by atoms with Gasteiger partial charge < -0.3 is 11.6 Å². The Morgan fingerprint density at radius 3 is 2.45 bits per heavy atom. The van der Waals surface area contributed by atoms with Crippen LogP contribution in [0, 0.1) is 6.92 Å². The molecule has 0 spiro atoms. The number of aromatic nitrogens is 4. The molecule has 0 aliphatic heterocycles. The molecular weight excluding hydrogens is 404 g/mol. The summed E-state index contributed by atoms with van der Waals surface area (Å²) in [5.41, 5.74) is 9.73. The van der Waals surface area contributed by atoms with Gasteiger partial charge >= 0.3 is 0 Å². The number of hydrogen-bond donors (Lipinski definition) is 2. The van der Waals surface area contributed by atoms with Crippen LogP contribution in [-0.2, 0) is 5.75 Å². The number of carbonyl (C=O) groups is 1. The lowest BCUT2D eigenvalue weighted by atomic mass is 10.1. The summed E-state index contributed by atoms with van der Waals surface area (Å²) in [4.78, 5) is 15.8. The van der Waals surface area contributed by atoms with Crippen LogP contribution in [0.4, 0.5) is 0 Å². The number of carbonyl (C=O) groups excluding carboxylic acids is 1. The topological polar surface area (TPSA) is 113 Å². The van der Waals surface area contributed by atoms with Crippen molar-refractivity contribution in [2.75, 3.05) is 5.84 Å². The number of thiazole rings is 1. The van der Waals surface area contributed by atoms with Crippen LogP contribution < -0.4 is 11.6 Å². The maximum Gasteiger partial charge on any atom is 0.248 e. The van der Waals surface area contributed by atoms with Crippen molar-refractivity contribution in [1.29, 1.82) is 0 Å². The molecule has 0 fully saturated rings. The highest BCUT2D eigenvalue weighted by Gasteiger charge is 2.13. The fourth-order valence-corrected chi connectivity index (χ4v) is 4.38. The molecule has 0 bridgehead atoms. The summed E-state index contributed by atoms with van der Waals surface area (Å²) in [5, 5.41) is 11.9. The second kappa shape index (κ2) is 8.06. The lowest BCUT2D eigenvalue weighted by molar-refractivity contribution is 0.100. The van der Waals surface area contributed by atoms with Crippen LogP contribution in [0.3, 0.4) is 0 Å². The average molecular weight is 423 g/mol. The van der Waals surface area contributed by atoms with E-state index in [0.717, 1.165) is 21.8 Å². The Morgan fingerprint density at radius 1 is 1.07 bits per heavy atom. The van der Waals surface area contributed by atoms with Crippen LogP contribution in [0.15, 0.2) is 59.1 Å². The maximum atomic E-state index is 11.2. The molecule has 4 rings (SSSR count). The molecule has 7 nitrogen and oxygen atoms in total. The van der Waals surface area contributed by atoms with E-state index in [1.807, 2.05) is 48.7 Å². The SMILES string of the molecule is Cc1ccc(-c2nnc(SCc3csc(-c4ccc(C(N)=O)cc4)n3)n2N)cc1. The number of nitrogens with two attached hydrogens (primary N) is 2. The number of hydrogen-bond acceptors (Lipinski definition) is 7. The molecule has 2 aromatic carbocycles. The Labute approximate surface area is 175 Å². The third-order valence-corrected chi connectivity index (χ3v) is 6.21. The summed E-state index contributed by atoms with van der Waals surface area (Å²) >= 11 is 3.03. The third-order valence-electron chi connectivity index (χ3n) is 4.29. The summed E-state index contributed by atoms with van der Waals surface area (Å²) < 4.78 is 1.51. The molecule has 0 saturated heterocycles. The van der Waals surface area contributed by atoms with E-state index in [1.54, 1.807) is 23.5 Å². The van der Waals surface area contributed by atoms with Crippen LogP contribution >= 0.6 is 23.1 Å². The molecule has 4 aromatic rings. The van der Waals surface area contributed by atoms with Gasteiger partial charge in [0.1, 0.15) is 5.01 Å². The van der Waals surface area contributed by atoms with Crippen LogP contribution in [-0.4, -0.2) is 25.8 Å². The van der Waals surface area contributed by atoms with Crippen molar-refractivity contribution in [1.82, 2.24) is 19.9 Å². The zero-order valence-electron chi connectivity index (χ0n) is 15.6. The minimum absolute atomic E-state index is 0.441. The number of benzene rings is 2. The van der Waals surface area contributed by atoms with Gasteiger partial charge in [0.25, 0.3) is 0 Å². The second-order valence-electron chi connectivity index (χ2n) is 6.42. The van der Waals surface area contributed by atoms with Crippen LogP contribution in [0.2, 0.25) is 0 Å². The minimum Gasteiger partial charge on any atom is -0.366 e. The van der Waals surface area contributed by atoms with Gasteiger partial charge in [-0.05, 0) is 19.1 Å². The molecule has 2 aromatic heterocycles. The molecule has 0 unspecified atom stereocenters. The second-order valence-corrected chi connectivity index (χ2v) is 8.22. The van der Waals surface area contributed by atoms with Gasteiger partial charge in [0, 0.05) is 27.8 Å². The minimum atomic E-state index is -0.441. The van der Waals surface area contributed by atoms with E-state index in [1.165, 1.54) is 22.0 Å². The highest BCUT2D eigenvalue weighted by molar-refractivity contribution is 7.98. The molecule has 9 heteroatoms. The first-order valence-corrected chi connectivity index (χ1v) is 10.6. The molecule has 2 heterocycles. The molecule has 0 atom stereocenters. The van der Waals surface area contributed by atoms with E-state index in [4.69, 9.17) is 11.6 Å². The molecule has 0 aliphatic rings. The van der Waals surface area contributed by atoms with Crippen molar-refractivity contribution >= 4 is 29.0 Å². The first kappa shape index (κ1) is 19.2.